The largest absolute Gasteiger partial charge is 0.316 e. The van der Waals surface area contributed by atoms with Crippen LogP contribution in [0.4, 0.5) is 4.39 Å². The second-order valence-corrected chi connectivity index (χ2v) is 5.63. The average Bonchev–Trinajstić information content (AvgIpc) is 2.46. The summed E-state index contributed by atoms with van der Waals surface area (Å²) in [4.78, 5) is 4.05. The number of halogens is 1. The third kappa shape index (κ3) is 3.23. The van der Waals surface area contributed by atoms with E-state index in [2.05, 4.69) is 24.1 Å². The van der Waals surface area contributed by atoms with Gasteiger partial charge in [-0.15, -0.1) is 0 Å². The molecule has 1 aromatic heterocycles. The second kappa shape index (κ2) is 6.14. The summed E-state index contributed by atoms with van der Waals surface area (Å²) < 4.78 is 13.1. The molecule has 0 spiro atoms. The quantitative estimate of drug-likeness (QED) is 0.903. The van der Waals surface area contributed by atoms with Crippen LogP contribution in [0.15, 0.2) is 48.8 Å². The molecule has 20 heavy (non-hydrogen) atoms. The van der Waals surface area contributed by atoms with Crippen LogP contribution in [-0.2, 0) is 11.8 Å². The maximum absolute atomic E-state index is 13.1. The Morgan fingerprint density at radius 2 is 1.70 bits per heavy atom. The minimum absolute atomic E-state index is 0.0915. The van der Waals surface area contributed by atoms with Crippen LogP contribution >= 0.6 is 0 Å². The second-order valence-electron chi connectivity index (χ2n) is 5.63. The maximum atomic E-state index is 13.1. The number of hydrogen-bond acceptors (Lipinski definition) is 2. The van der Waals surface area contributed by atoms with E-state index in [0.717, 1.165) is 12.0 Å². The summed E-state index contributed by atoms with van der Waals surface area (Å²) in [7, 11) is 1.97. The summed E-state index contributed by atoms with van der Waals surface area (Å²) >= 11 is 0. The molecule has 2 aromatic rings. The van der Waals surface area contributed by atoms with E-state index in [4.69, 9.17) is 0 Å². The number of nitrogens with zero attached hydrogens (tertiary/aromatic N) is 1. The van der Waals surface area contributed by atoms with Crippen molar-refractivity contribution in [3.8, 4) is 0 Å². The molecule has 0 amide bonds. The van der Waals surface area contributed by atoms with Crippen molar-refractivity contribution in [2.75, 3.05) is 7.05 Å². The monoisotopic (exact) mass is 272 g/mol. The maximum Gasteiger partial charge on any atom is 0.123 e. The van der Waals surface area contributed by atoms with Gasteiger partial charge in [0.05, 0.1) is 0 Å². The predicted octanol–water partition coefficient (Wildman–Crippen LogP) is 3.33. The van der Waals surface area contributed by atoms with Gasteiger partial charge in [-0.05, 0) is 48.9 Å². The molecule has 106 valence electrons. The van der Waals surface area contributed by atoms with Crippen LogP contribution in [0, 0.1) is 5.82 Å². The predicted molar refractivity (Wildman–Crippen MR) is 80.2 cm³/mol. The Morgan fingerprint density at radius 3 is 2.25 bits per heavy atom. The fourth-order valence-corrected chi connectivity index (χ4v) is 2.55. The zero-order chi connectivity index (χ0) is 14.6. The minimum Gasteiger partial charge on any atom is -0.316 e. The van der Waals surface area contributed by atoms with Gasteiger partial charge in [0.2, 0.25) is 0 Å². The molecule has 0 saturated heterocycles. The molecule has 1 aromatic carbocycles. The van der Waals surface area contributed by atoms with Gasteiger partial charge in [0, 0.05) is 23.9 Å². The number of rotatable bonds is 5. The van der Waals surface area contributed by atoms with Gasteiger partial charge in [0.15, 0.2) is 0 Å². The summed E-state index contributed by atoms with van der Waals surface area (Å²) in [5.74, 6) is -0.195. The summed E-state index contributed by atoms with van der Waals surface area (Å²) in [6.07, 6.45) is 4.53. The average molecular weight is 272 g/mol. The molecule has 1 heterocycles. The van der Waals surface area contributed by atoms with Crippen LogP contribution in [0.25, 0.3) is 0 Å². The minimum atomic E-state index is -0.195. The van der Waals surface area contributed by atoms with E-state index in [1.54, 1.807) is 0 Å². The van der Waals surface area contributed by atoms with Gasteiger partial charge in [-0.3, -0.25) is 4.98 Å². The lowest BCUT2D eigenvalue weighted by molar-refractivity contribution is 0.356. The molecule has 1 atom stereocenters. The third-order valence-corrected chi connectivity index (χ3v) is 4.00. The van der Waals surface area contributed by atoms with Gasteiger partial charge in [-0.2, -0.15) is 0 Å². The molecule has 0 aliphatic heterocycles. The van der Waals surface area contributed by atoms with Gasteiger partial charge in [0.25, 0.3) is 0 Å². The van der Waals surface area contributed by atoms with E-state index in [-0.39, 0.29) is 17.3 Å². The molecule has 0 aliphatic rings. The molecule has 3 heteroatoms. The third-order valence-electron chi connectivity index (χ3n) is 4.00. The van der Waals surface area contributed by atoms with Crippen LogP contribution in [-0.4, -0.2) is 18.1 Å². The van der Waals surface area contributed by atoms with Crippen LogP contribution in [0.1, 0.15) is 25.0 Å². The molecule has 0 radical (unpaired) electrons. The number of hydrogen-bond donors (Lipinski definition) is 1. The van der Waals surface area contributed by atoms with Crippen molar-refractivity contribution in [2.24, 2.45) is 0 Å². The topological polar surface area (TPSA) is 24.9 Å². The molecule has 0 saturated carbocycles. The van der Waals surface area contributed by atoms with Crippen molar-refractivity contribution >= 4 is 0 Å². The lowest BCUT2D eigenvalue weighted by atomic mass is 9.75. The Labute approximate surface area is 120 Å². The van der Waals surface area contributed by atoms with Gasteiger partial charge >= 0.3 is 0 Å². The molecule has 0 fully saturated rings. The first-order chi connectivity index (χ1) is 9.54. The Hall–Kier alpha value is -1.74. The summed E-state index contributed by atoms with van der Waals surface area (Å²) in [5, 5.41) is 3.39. The van der Waals surface area contributed by atoms with E-state index >= 15 is 0 Å². The molecule has 1 unspecified atom stereocenters. The normalized spacial score (nSPS) is 13.2. The first-order valence-electron chi connectivity index (χ1n) is 6.86. The van der Waals surface area contributed by atoms with Crippen LogP contribution in [0.5, 0.6) is 0 Å². The number of nitrogens with one attached hydrogen (secondary N) is 1. The Bertz CT molecular complexity index is 535. The Morgan fingerprint density at radius 1 is 1.10 bits per heavy atom. The number of pyridine rings is 1. The van der Waals surface area contributed by atoms with Crippen molar-refractivity contribution in [2.45, 2.75) is 31.7 Å². The standard InChI is InChI=1S/C17H21FN2/c1-17(2,14-4-6-15(18)7-5-14)16(19-3)12-13-8-10-20-11-9-13/h4-11,16,19H,12H2,1-3H3. The number of likely N-dealkylation sites (N-methyl/N-ethyl adjacent to an activating group) is 1. The smallest absolute Gasteiger partial charge is 0.123 e. The molecule has 2 rings (SSSR count). The van der Waals surface area contributed by atoms with E-state index in [0.29, 0.717) is 0 Å². The van der Waals surface area contributed by atoms with Crippen LogP contribution in [0.2, 0.25) is 0 Å². The van der Waals surface area contributed by atoms with Gasteiger partial charge in [-0.1, -0.05) is 26.0 Å². The highest BCUT2D eigenvalue weighted by Crippen LogP contribution is 2.29. The number of benzene rings is 1. The Balaban J connectivity index is 2.23. The van der Waals surface area contributed by atoms with Crippen LogP contribution < -0.4 is 5.32 Å². The van der Waals surface area contributed by atoms with E-state index in [1.807, 2.05) is 43.7 Å². The van der Waals surface area contributed by atoms with Crippen LogP contribution in [0.3, 0.4) is 0 Å². The molecule has 1 N–H and O–H groups in total. The number of aromatic nitrogens is 1. The first kappa shape index (κ1) is 14.7. The SMILES string of the molecule is CNC(Cc1ccncc1)C(C)(C)c1ccc(F)cc1. The van der Waals surface area contributed by atoms with E-state index in [1.165, 1.54) is 17.7 Å². The summed E-state index contributed by atoms with van der Waals surface area (Å²) in [6, 6.07) is 11.1. The fraction of sp³-hybridized carbons (Fsp3) is 0.353. The highest BCUT2D eigenvalue weighted by molar-refractivity contribution is 5.28. The van der Waals surface area contributed by atoms with Crippen molar-refractivity contribution in [1.82, 2.24) is 10.3 Å². The molecule has 0 bridgehead atoms. The molecule has 2 nitrogen and oxygen atoms in total. The molecular weight excluding hydrogens is 251 g/mol. The van der Waals surface area contributed by atoms with Crippen molar-refractivity contribution in [3.63, 3.8) is 0 Å². The zero-order valence-corrected chi connectivity index (χ0v) is 12.2. The molecule has 0 aliphatic carbocycles. The van der Waals surface area contributed by atoms with Crippen molar-refractivity contribution in [1.29, 1.82) is 0 Å². The summed E-state index contributed by atoms with van der Waals surface area (Å²) in [5.41, 5.74) is 2.29. The summed E-state index contributed by atoms with van der Waals surface area (Å²) in [6.45, 7) is 4.37. The molecular formula is C17H21FN2. The highest BCUT2D eigenvalue weighted by Gasteiger charge is 2.30. The highest BCUT2D eigenvalue weighted by atomic mass is 19.1. The van der Waals surface area contributed by atoms with Gasteiger partial charge in [0.1, 0.15) is 5.82 Å². The van der Waals surface area contributed by atoms with Gasteiger partial charge < -0.3 is 5.32 Å². The van der Waals surface area contributed by atoms with Crippen molar-refractivity contribution < 1.29 is 4.39 Å². The first-order valence-corrected chi connectivity index (χ1v) is 6.86. The lowest BCUT2D eigenvalue weighted by Crippen LogP contribution is -2.44. The van der Waals surface area contributed by atoms with E-state index in [9.17, 15) is 4.39 Å². The Kier molecular flexibility index (Phi) is 4.50. The van der Waals surface area contributed by atoms with Crippen molar-refractivity contribution in [3.05, 3.63) is 65.7 Å². The fourth-order valence-electron chi connectivity index (χ4n) is 2.55. The van der Waals surface area contributed by atoms with E-state index < -0.39 is 0 Å². The van der Waals surface area contributed by atoms with Gasteiger partial charge in [-0.25, -0.2) is 4.39 Å². The zero-order valence-electron chi connectivity index (χ0n) is 12.2. The lowest BCUT2D eigenvalue weighted by Gasteiger charge is -2.35.